The van der Waals surface area contributed by atoms with E-state index in [9.17, 15) is 9.59 Å². The minimum Gasteiger partial charge on any atom is -0.350 e. The molecule has 1 aliphatic carbocycles. The Morgan fingerprint density at radius 1 is 1.29 bits per heavy atom. The van der Waals surface area contributed by atoms with Crippen LogP contribution in [0.25, 0.3) is 0 Å². The molecular weight excluding hydrogens is 326 g/mol. The van der Waals surface area contributed by atoms with Crippen LogP contribution >= 0.6 is 12.4 Å². The van der Waals surface area contributed by atoms with Gasteiger partial charge in [0.15, 0.2) is 0 Å². The number of carbonyl (C=O) groups is 2. The van der Waals surface area contributed by atoms with E-state index in [1.807, 2.05) is 31.2 Å². The lowest BCUT2D eigenvalue weighted by atomic mass is 9.83. The molecule has 1 aromatic carbocycles. The van der Waals surface area contributed by atoms with Gasteiger partial charge in [0.25, 0.3) is 0 Å². The standard InChI is InChI=1S/C18H27N3O2.ClH/c1-12(14-7-5-8-16(10-14)21-13(2)22)20-18(23)11-15-6-3-4-9-17(15)19;/h5,7-8,10,12,15,17H,3-4,6,9,11,19H2,1-2H3,(H,20,23)(H,21,22);1H. The van der Waals surface area contributed by atoms with E-state index >= 15 is 0 Å². The summed E-state index contributed by atoms with van der Waals surface area (Å²) in [7, 11) is 0. The molecule has 1 aliphatic rings. The average molecular weight is 354 g/mol. The highest BCUT2D eigenvalue weighted by Gasteiger charge is 2.24. The molecule has 1 saturated carbocycles. The maximum Gasteiger partial charge on any atom is 0.221 e. The number of hydrogen-bond donors (Lipinski definition) is 3. The number of nitrogens with two attached hydrogens (primary N) is 1. The molecule has 0 heterocycles. The molecule has 2 amide bonds. The number of nitrogens with one attached hydrogen (secondary N) is 2. The predicted octanol–water partition coefficient (Wildman–Crippen LogP) is 3.15. The van der Waals surface area contributed by atoms with Gasteiger partial charge in [0.2, 0.25) is 11.8 Å². The van der Waals surface area contributed by atoms with Crippen LogP contribution in [0.1, 0.15) is 57.6 Å². The number of hydrogen-bond acceptors (Lipinski definition) is 3. The SMILES string of the molecule is CC(=O)Nc1cccc(C(C)NC(=O)CC2CCCCC2N)c1.Cl. The molecule has 3 atom stereocenters. The van der Waals surface area contributed by atoms with Crippen LogP contribution < -0.4 is 16.4 Å². The molecule has 2 rings (SSSR count). The summed E-state index contributed by atoms with van der Waals surface area (Å²) < 4.78 is 0. The Morgan fingerprint density at radius 2 is 2.00 bits per heavy atom. The zero-order valence-corrected chi connectivity index (χ0v) is 15.2. The first-order chi connectivity index (χ1) is 11.0. The molecule has 0 spiro atoms. The highest BCUT2D eigenvalue weighted by Crippen LogP contribution is 2.26. The van der Waals surface area contributed by atoms with Crippen LogP contribution in [-0.2, 0) is 9.59 Å². The molecular formula is C18H28ClN3O2. The number of anilines is 1. The van der Waals surface area contributed by atoms with E-state index in [1.165, 1.54) is 19.8 Å². The summed E-state index contributed by atoms with van der Waals surface area (Å²) in [5.41, 5.74) is 7.83. The molecule has 1 aromatic rings. The molecule has 5 nitrogen and oxygen atoms in total. The first-order valence-corrected chi connectivity index (χ1v) is 8.38. The molecule has 24 heavy (non-hydrogen) atoms. The van der Waals surface area contributed by atoms with Gasteiger partial charge in [-0.1, -0.05) is 25.0 Å². The van der Waals surface area contributed by atoms with Crippen molar-refractivity contribution in [2.45, 2.75) is 58.0 Å². The van der Waals surface area contributed by atoms with Gasteiger partial charge in [-0.3, -0.25) is 9.59 Å². The van der Waals surface area contributed by atoms with Crippen LogP contribution in [0.2, 0.25) is 0 Å². The maximum atomic E-state index is 12.3. The third-order valence-electron chi connectivity index (χ3n) is 4.50. The molecule has 0 radical (unpaired) electrons. The average Bonchev–Trinajstić information content (AvgIpc) is 2.49. The highest BCUT2D eigenvalue weighted by molar-refractivity contribution is 5.88. The van der Waals surface area contributed by atoms with Gasteiger partial charge in [0.1, 0.15) is 0 Å². The Morgan fingerprint density at radius 3 is 2.67 bits per heavy atom. The zero-order chi connectivity index (χ0) is 16.8. The zero-order valence-electron chi connectivity index (χ0n) is 14.4. The Labute approximate surface area is 150 Å². The quantitative estimate of drug-likeness (QED) is 0.760. The van der Waals surface area contributed by atoms with Crippen LogP contribution in [0, 0.1) is 5.92 Å². The van der Waals surface area contributed by atoms with E-state index < -0.39 is 0 Å². The highest BCUT2D eigenvalue weighted by atomic mass is 35.5. The van der Waals surface area contributed by atoms with Gasteiger partial charge in [-0.25, -0.2) is 0 Å². The van der Waals surface area contributed by atoms with E-state index in [0.717, 1.165) is 24.1 Å². The molecule has 0 bridgehead atoms. The van der Waals surface area contributed by atoms with Gasteiger partial charge in [0.05, 0.1) is 6.04 Å². The summed E-state index contributed by atoms with van der Waals surface area (Å²) in [5, 5.41) is 5.79. The largest absolute Gasteiger partial charge is 0.350 e. The van der Waals surface area contributed by atoms with E-state index in [0.29, 0.717) is 12.3 Å². The Kier molecular flexibility index (Phi) is 8.22. The normalized spacial score (nSPS) is 21.3. The molecule has 3 unspecified atom stereocenters. The molecule has 6 heteroatoms. The van der Waals surface area contributed by atoms with Crippen molar-refractivity contribution in [3.63, 3.8) is 0 Å². The Balaban J connectivity index is 0.00000288. The van der Waals surface area contributed by atoms with Crippen molar-refractivity contribution in [3.8, 4) is 0 Å². The smallest absolute Gasteiger partial charge is 0.221 e. The minimum absolute atomic E-state index is 0. The lowest BCUT2D eigenvalue weighted by Crippen LogP contribution is -2.37. The number of carbonyl (C=O) groups excluding carboxylic acids is 2. The van der Waals surface area contributed by atoms with Crippen LogP contribution in [-0.4, -0.2) is 17.9 Å². The lowest BCUT2D eigenvalue weighted by Gasteiger charge is -2.28. The van der Waals surface area contributed by atoms with Gasteiger partial charge in [-0.15, -0.1) is 12.4 Å². The van der Waals surface area contributed by atoms with Gasteiger partial charge < -0.3 is 16.4 Å². The summed E-state index contributed by atoms with van der Waals surface area (Å²) in [6.07, 6.45) is 4.90. The lowest BCUT2D eigenvalue weighted by molar-refractivity contribution is -0.123. The summed E-state index contributed by atoms with van der Waals surface area (Å²) in [6, 6.07) is 7.59. The topological polar surface area (TPSA) is 84.2 Å². The molecule has 1 fully saturated rings. The van der Waals surface area contributed by atoms with E-state index in [-0.39, 0.29) is 36.3 Å². The van der Waals surface area contributed by atoms with Crippen LogP contribution in [0.5, 0.6) is 0 Å². The van der Waals surface area contributed by atoms with E-state index in [2.05, 4.69) is 10.6 Å². The maximum absolute atomic E-state index is 12.3. The summed E-state index contributed by atoms with van der Waals surface area (Å²) in [4.78, 5) is 23.4. The van der Waals surface area contributed by atoms with Gasteiger partial charge >= 0.3 is 0 Å². The summed E-state index contributed by atoms with van der Waals surface area (Å²) in [5.74, 6) is 0.233. The third kappa shape index (κ3) is 6.13. The minimum atomic E-state index is -0.106. The van der Waals surface area contributed by atoms with Gasteiger partial charge in [-0.05, 0) is 43.4 Å². The number of amides is 2. The Hall–Kier alpha value is -1.59. The van der Waals surface area contributed by atoms with Crippen molar-refractivity contribution in [3.05, 3.63) is 29.8 Å². The first-order valence-electron chi connectivity index (χ1n) is 8.38. The fraction of sp³-hybridized carbons (Fsp3) is 0.556. The molecule has 134 valence electrons. The fourth-order valence-corrected chi connectivity index (χ4v) is 3.20. The monoisotopic (exact) mass is 353 g/mol. The third-order valence-corrected chi connectivity index (χ3v) is 4.50. The second-order valence-electron chi connectivity index (χ2n) is 6.51. The van der Waals surface area contributed by atoms with Crippen LogP contribution in [0.3, 0.4) is 0 Å². The molecule has 4 N–H and O–H groups in total. The second kappa shape index (κ2) is 9.64. The first kappa shape index (κ1) is 20.5. The van der Waals surface area contributed by atoms with Gasteiger partial charge in [-0.2, -0.15) is 0 Å². The second-order valence-corrected chi connectivity index (χ2v) is 6.51. The van der Waals surface area contributed by atoms with Crippen molar-refractivity contribution < 1.29 is 9.59 Å². The number of rotatable bonds is 5. The van der Waals surface area contributed by atoms with Crippen molar-refractivity contribution in [2.24, 2.45) is 11.7 Å². The van der Waals surface area contributed by atoms with Crippen LogP contribution in [0.4, 0.5) is 5.69 Å². The molecule has 0 aromatic heterocycles. The van der Waals surface area contributed by atoms with Crippen molar-refractivity contribution in [1.82, 2.24) is 5.32 Å². The summed E-state index contributed by atoms with van der Waals surface area (Å²) in [6.45, 7) is 3.43. The van der Waals surface area contributed by atoms with Gasteiger partial charge in [0, 0.05) is 25.1 Å². The van der Waals surface area contributed by atoms with Crippen LogP contribution in [0.15, 0.2) is 24.3 Å². The predicted molar refractivity (Wildman–Crippen MR) is 99.1 cm³/mol. The van der Waals surface area contributed by atoms with Crippen molar-refractivity contribution in [2.75, 3.05) is 5.32 Å². The Bertz CT molecular complexity index is 565. The fourth-order valence-electron chi connectivity index (χ4n) is 3.20. The van der Waals surface area contributed by atoms with E-state index in [1.54, 1.807) is 0 Å². The molecule has 0 saturated heterocycles. The number of halogens is 1. The number of benzene rings is 1. The van der Waals surface area contributed by atoms with E-state index in [4.69, 9.17) is 5.73 Å². The van der Waals surface area contributed by atoms with Crippen molar-refractivity contribution in [1.29, 1.82) is 0 Å². The molecule has 0 aliphatic heterocycles. The summed E-state index contributed by atoms with van der Waals surface area (Å²) >= 11 is 0. The van der Waals surface area contributed by atoms with Crippen molar-refractivity contribution >= 4 is 29.9 Å².